The molecule has 0 bridgehead atoms. The van der Waals surface area contributed by atoms with Crippen molar-refractivity contribution < 1.29 is 9.90 Å². The van der Waals surface area contributed by atoms with Crippen LogP contribution in [0.5, 0.6) is 0 Å². The molecule has 0 fully saturated rings. The fraction of sp³-hybridized carbons (Fsp3) is 0.444. The van der Waals surface area contributed by atoms with Gasteiger partial charge in [0, 0.05) is 0 Å². The highest BCUT2D eigenvalue weighted by atomic mass is 16.4. The summed E-state index contributed by atoms with van der Waals surface area (Å²) in [6.45, 7) is 0. The zero-order valence-electron chi connectivity index (χ0n) is 6.36. The van der Waals surface area contributed by atoms with Gasteiger partial charge in [-0.3, -0.25) is 4.79 Å². The Labute approximate surface area is 66.2 Å². The van der Waals surface area contributed by atoms with E-state index in [4.69, 9.17) is 5.11 Å². The number of carboxylic acid groups (broad SMARTS) is 1. The molecule has 60 valence electrons. The first-order valence-electron chi connectivity index (χ1n) is 3.85. The summed E-state index contributed by atoms with van der Waals surface area (Å²) in [5.41, 5.74) is 0. The Kier molecular flexibility index (Phi) is 2.90. The summed E-state index contributed by atoms with van der Waals surface area (Å²) >= 11 is 0. The average molecular weight is 152 g/mol. The van der Waals surface area contributed by atoms with Crippen LogP contribution in [0.15, 0.2) is 24.3 Å². The van der Waals surface area contributed by atoms with E-state index in [1.807, 2.05) is 18.2 Å². The highest BCUT2D eigenvalue weighted by molar-refractivity contribution is 5.72. The van der Waals surface area contributed by atoms with Crippen LogP contribution in [0.1, 0.15) is 19.3 Å². The Morgan fingerprint density at radius 1 is 1.27 bits per heavy atom. The van der Waals surface area contributed by atoms with E-state index in [-0.39, 0.29) is 5.92 Å². The van der Waals surface area contributed by atoms with Crippen LogP contribution < -0.4 is 0 Å². The molecule has 1 N–H and O–H groups in total. The van der Waals surface area contributed by atoms with Crippen molar-refractivity contribution in [1.82, 2.24) is 0 Å². The standard InChI is InChI=1S/C9H12O2/c10-9(11)8-6-4-2-1-3-5-7-8/h2,4-5,7-8H,1,3,6H2,(H,10,11). The second-order valence-electron chi connectivity index (χ2n) is 2.66. The van der Waals surface area contributed by atoms with Gasteiger partial charge in [-0.15, -0.1) is 0 Å². The molecule has 1 aliphatic carbocycles. The number of hydrogen-bond donors (Lipinski definition) is 1. The Morgan fingerprint density at radius 3 is 2.73 bits per heavy atom. The van der Waals surface area contributed by atoms with Crippen molar-refractivity contribution in [2.75, 3.05) is 0 Å². The number of carbonyl (C=O) groups is 1. The molecule has 2 heteroatoms. The van der Waals surface area contributed by atoms with Crippen molar-refractivity contribution in [1.29, 1.82) is 0 Å². The molecule has 1 rings (SSSR count). The average Bonchev–Trinajstić information content (AvgIpc) is 1.84. The normalized spacial score (nSPS) is 24.2. The van der Waals surface area contributed by atoms with Crippen LogP contribution in [0.3, 0.4) is 0 Å². The molecule has 0 aromatic heterocycles. The van der Waals surface area contributed by atoms with Crippen molar-refractivity contribution in [2.45, 2.75) is 19.3 Å². The Hall–Kier alpha value is -1.05. The van der Waals surface area contributed by atoms with E-state index in [2.05, 4.69) is 0 Å². The van der Waals surface area contributed by atoms with Gasteiger partial charge in [0.05, 0.1) is 5.92 Å². The zero-order valence-corrected chi connectivity index (χ0v) is 6.36. The van der Waals surface area contributed by atoms with Gasteiger partial charge in [-0.2, -0.15) is 0 Å². The minimum Gasteiger partial charge on any atom is -0.481 e. The molecule has 0 amide bonds. The van der Waals surface area contributed by atoms with Gasteiger partial charge in [0.25, 0.3) is 0 Å². The lowest BCUT2D eigenvalue weighted by atomic mass is 10.0. The first-order valence-corrected chi connectivity index (χ1v) is 3.85. The second-order valence-corrected chi connectivity index (χ2v) is 2.66. The number of allylic oxidation sites excluding steroid dienone is 3. The summed E-state index contributed by atoms with van der Waals surface area (Å²) in [7, 11) is 0. The molecule has 1 aliphatic rings. The monoisotopic (exact) mass is 152 g/mol. The molecule has 1 atom stereocenters. The van der Waals surface area contributed by atoms with E-state index < -0.39 is 5.97 Å². The molecule has 0 saturated heterocycles. The van der Waals surface area contributed by atoms with E-state index in [0.29, 0.717) is 6.42 Å². The lowest BCUT2D eigenvalue weighted by Gasteiger charge is -2.05. The summed E-state index contributed by atoms with van der Waals surface area (Å²) < 4.78 is 0. The van der Waals surface area contributed by atoms with Crippen molar-refractivity contribution in [3.63, 3.8) is 0 Å². The molecule has 1 unspecified atom stereocenters. The maximum atomic E-state index is 10.5. The predicted octanol–water partition coefficient (Wildman–Crippen LogP) is 1.98. The van der Waals surface area contributed by atoms with Gasteiger partial charge in [0.2, 0.25) is 0 Å². The molecule has 0 spiro atoms. The summed E-state index contributed by atoms with van der Waals surface area (Å²) in [6.07, 6.45) is 10.3. The molecule has 11 heavy (non-hydrogen) atoms. The summed E-state index contributed by atoms with van der Waals surface area (Å²) in [5, 5.41) is 8.67. The van der Waals surface area contributed by atoms with Crippen LogP contribution in [0.25, 0.3) is 0 Å². The highest BCUT2D eigenvalue weighted by Crippen LogP contribution is 2.11. The van der Waals surface area contributed by atoms with Crippen LogP contribution in [0, 0.1) is 5.92 Å². The van der Waals surface area contributed by atoms with Crippen LogP contribution in [-0.2, 0) is 4.79 Å². The Balaban J connectivity index is 2.56. The molecular weight excluding hydrogens is 140 g/mol. The number of carboxylic acids is 1. The van der Waals surface area contributed by atoms with Crippen molar-refractivity contribution in [3.05, 3.63) is 24.3 Å². The minimum atomic E-state index is -0.729. The van der Waals surface area contributed by atoms with Crippen molar-refractivity contribution in [2.24, 2.45) is 5.92 Å². The van der Waals surface area contributed by atoms with Gasteiger partial charge < -0.3 is 5.11 Å². The third-order valence-electron chi connectivity index (χ3n) is 1.74. The highest BCUT2D eigenvalue weighted by Gasteiger charge is 2.11. The summed E-state index contributed by atoms with van der Waals surface area (Å²) in [6, 6.07) is 0. The number of rotatable bonds is 1. The van der Waals surface area contributed by atoms with E-state index in [1.165, 1.54) is 0 Å². The van der Waals surface area contributed by atoms with Gasteiger partial charge >= 0.3 is 5.97 Å². The van der Waals surface area contributed by atoms with Gasteiger partial charge in [-0.25, -0.2) is 0 Å². The van der Waals surface area contributed by atoms with E-state index in [0.717, 1.165) is 12.8 Å². The summed E-state index contributed by atoms with van der Waals surface area (Å²) in [5.74, 6) is -1.04. The van der Waals surface area contributed by atoms with Crippen molar-refractivity contribution in [3.8, 4) is 0 Å². The smallest absolute Gasteiger partial charge is 0.310 e. The van der Waals surface area contributed by atoms with Crippen LogP contribution in [0.4, 0.5) is 0 Å². The van der Waals surface area contributed by atoms with Crippen LogP contribution >= 0.6 is 0 Å². The van der Waals surface area contributed by atoms with Crippen LogP contribution in [0.2, 0.25) is 0 Å². The molecule has 0 aromatic carbocycles. The number of hydrogen-bond acceptors (Lipinski definition) is 1. The molecule has 0 aromatic rings. The largest absolute Gasteiger partial charge is 0.481 e. The molecule has 0 heterocycles. The maximum absolute atomic E-state index is 10.5. The fourth-order valence-electron chi connectivity index (χ4n) is 1.08. The van der Waals surface area contributed by atoms with Crippen LogP contribution in [-0.4, -0.2) is 11.1 Å². The third kappa shape index (κ3) is 2.58. The van der Waals surface area contributed by atoms with E-state index >= 15 is 0 Å². The predicted molar refractivity (Wildman–Crippen MR) is 43.3 cm³/mol. The third-order valence-corrected chi connectivity index (χ3v) is 1.74. The summed E-state index contributed by atoms with van der Waals surface area (Å²) in [4.78, 5) is 10.5. The van der Waals surface area contributed by atoms with Gasteiger partial charge in [0.1, 0.15) is 0 Å². The Morgan fingerprint density at radius 2 is 2.00 bits per heavy atom. The van der Waals surface area contributed by atoms with Gasteiger partial charge in [0.15, 0.2) is 0 Å². The minimum absolute atomic E-state index is 0.313. The molecule has 0 radical (unpaired) electrons. The van der Waals surface area contributed by atoms with Crippen molar-refractivity contribution >= 4 is 5.97 Å². The zero-order chi connectivity index (χ0) is 8.10. The van der Waals surface area contributed by atoms with E-state index in [1.54, 1.807) is 6.08 Å². The van der Waals surface area contributed by atoms with Gasteiger partial charge in [-0.05, 0) is 19.3 Å². The fourth-order valence-corrected chi connectivity index (χ4v) is 1.08. The molecule has 2 nitrogen and oxygen atoms in total. The second kappa shape index (κ2) is 3.96. The number of aliphatic carboxylic acids is 1. The first-order chi connectivity index (χ1) is 5.30. The molecular formula is C9H12O2. The Bertz CT molecular complexity index is 192. The van der Waals surface area contributed by atoms with E-state index in [9.17, 15) is 4.79 Å². The first kappa shape index (κ1) is 8.05. The lowest BCUT2D eigenvalue weighted by molar-refractivity contribution is -0.139. The SMILES string of the molecule is O=C(O)C1C=CCCC=CC1. The quantitative estimate of drug-likeness (QED) is 0.583. The maximum Gasteiger partial charge on any atom is 0.310 e. The lowest BCUT2D eigenvalue weighted by Crippen LogP contribution is -2.10. The molecule has 0 saturated carbocycles. The molecule has 0 aliphatic heterocycles. The topological polar surface area (TPSA) is 37.3 Å². The van der Waals surface area contributed by atoms with Gasteiger partial charge in [-0.1, -0.05) is 24.3 Å².